The standard InChI is InChI=1S/C14H29O/c1-5-6-7-8-9-10-11-12-13-15-14(2,3)4/h13H,5-12H2,1-4H3. The van der Waals surface area contributed by atoms with Gasteiger partial charge in [0.25, 0.3) is 0 Å². The van der Waals surface area contributed by atoms with Gasteiger partial charge in [-0.05, 0) is 27.2 Å². The highest BCUT2D eigenvalue weighted by Crippen LogP contribution is 2.13. The monoisotopic (exact) mass is 213 g/mol. The van der Waals surface area contributed by atoms with Crippen LogP contribution in [-0.4, -0.2) is 5.60 Å². The Morgan fingerprint density at radius 2 is 1.40 bits per heavy atom. The number of rotatable bonds is 9. The van der Waals surface area contributed by atoms with E-state index in [-0.39, 0.29) is 5.60 Å². The maximum absolute atomic E-state index is 5.55. The van der Waals surface area contributed by atoms with Crippen LogP contribution in [-0.2, 0) is 4.74 Å². The zero-order valence-corrected chi connectivity index (χ0v) is 11.1. The van der Waals surface area contributed by atoms with E-state index >= 15 is 0 Å². The summed E-state index contributed by atoms with van der Waals surface area (Å²) >= 11 is 0. The maximum Gasteiger partial charge on any atom is 0.0844 e. The molecule has 0 aliphatic carbocycles. The predicted octanol–water partition coefficient (Wildman–Crippen LogP) is 5.10. The Balaban J connectivity index is 2.99. The lowest BCUT2D eigenvalue weighted by Gasteiger charge is -2.18. The molecule has 0 N–H and O–H groups in total. The summed E-state index contributed by atoms with van der Waals surface area (Å²) in [6.45, 7) is 10.5. The predicted molar refractivity (Wildman–Crippen MR) is 67.7 cm³/mol. The van der Waals surface area contributed by atoms with Gasteiger partial charge >= 0.3 is 0 Å². The maximum atomic E-state index is 5.55. The van der Waals surface area contributed by atoms with E-state index in [4.69, 9.17) is 4.74 Å². The summed E-state index contributed by atoms with van der Waals surface area (Å²) in [7, 11) is 0. The van der Waals surface area contributed by atoms with Crippen LogP contribution in [0.25, 0.3) is 0 Å². The third kappa shape index (κ3) is 14.0. The van der Waals surface area contributed by atoms with Crippen molar-refractivity contribution in [2.45, 2.75) is 84.7 Å². The average Bonchev–Trinajstić information content (AvgIpc) is 2.14. The molecule has 0 aromatic rings. The third-order valence-corrected chi connectivity index (χ3v) is 2.36. The van der Waals surface area contributed by atoms with Crippen LogP contribution >= 0.6 is 0 Å². The van der Waals surface area contributed by atoms with Crippen LogP contribution in [0.5, 0.6) is 0 Å². The molecule has 0 amide bonds. The fraction of sp³-hybridized carbons (Fsp3) is 0.929. The Bertz CT molecular complexity index is 124. The van der Waals surface area contributed by atoms with Gasteiger partial charge in [0.1, 0.15) is 0 Å². The highest BCUT2D eigenvalue weighted by Gasteiger charge is 2.08. The van der Waals surface area contributed by atoms with Gasteiger partial charge in [0.15, 0.2) is 0 Å². The van der Waals surface area contributed by atoms with Gasteiger partial charge in [-0.1, -0.05) is 51.9 Å². The lowest BCUT2D eigenvalue weighted by Crippen LogP contribution is -2.17. The van der Waals surface area contributed by atoms with Crippen molar-refractivity contribution in [2.75, 3.05) is 0 Å². The van der Waals surface area contributed by atoms with Crippen molar-refractivity contribution in [3.8, 4) is 0 Å². The fourth-order valence-electron chi connectivity index (χ4n) is 1.49. The lowest BCUT2D eigenvalue weighted by atomic mass is 10.1. The Labute approximate surface area is 96.6 Å². The molecule has 0 aliphatic heterocycles. The molecule has 0 bridgehead atoms. The minimum absolute atomic E-state index is 0.0128. The molecule has 0 aromatic heterocycles. The van der Waals surface area contributed by atoms with Gasteiger partial charge in [-0.25, -0.2) is 0 Å². The minimum Gasteiger partial charge on any atom is -0.370 e. The molecule has 0 unspecified atom stereocenters. The zero-order valence-electron chi connectivity index (χ0n) is 11.1. The zero-order chi connectivity index (χ0) is 11.6. The van der Waals surface area contributed by atoms with Crippen LogP contribution in [0.15, 0.2) is 0 Å². The molecule has 0 rings (SSSR count). The second kappa shape index (κ2) is 9.21. The van der Waals surface area contributed by atoms with E-state index < -0.39 is 0 Å². The first-order valence-corrected chi connectivity index (χ1v) is 6.56. The Kier molecular flexibility index (Phi) is 9.18. The van der Waals surface area contributed by atoms with E-state index in [1.54, 1.807) is 0 Å². The summed E-state index contributed by atoms with van der Waals surface area (Å²) in [6.07, 6.45) is 10.7. The second-order valence-electron chi connectivity index (χ2n) is 5.31. The van der Waals surface area contributed by atoms with Crippen LogP contribution in [0.2, 0.25) is 0 Å². The number of hydrogen-bond acceptors (Lipinski definition) is 1. The lowest BCUT2D eigenvalue weighted by molar-refractivity contribution is 0.0383. The van der Waals surface area contributed by atoms with Gasteiger partial charge in [-0.15, -0.1) is 0 Å². The van der Waals surface area contributed by atoms with Crippen molar-refractivity contribution < 1.29 is 4.74 Å². The molecular formula is C14H29O. The van der Waals surface area contributed by atoms with Gasteiger partial charge in [-0.2, -0.15) is 0 Å². The van der Waals surface area contributed by atoms with Crippen molar-refractivity contribution in [1.82, 2.24) is 0 Å². The first-order chi connectivity index (χ1) is 7.06. The first kappa shape index (κ1) is 15.0. The van der Waals surface area contributed by atoms with Crippen LogP contribution in [0.1, 0.15) is 79.1 Å². The van der Waals surface area contributed by atoms with Crippen molar-refractivity contribution in [3.05, 3.63) is 6.61 Å². The summed E-state index contributed by atoms with van der Waals surface area (Å²) in [5, 5.41) is 0. The highest BCUT2D eigenvalue weighted by molar-refractivity contribution is 4.63. The van der Waals surface area contributed by atoms with E-state index in [2.05, 4.69) is 27.7 Å². The van der Waals surface area contributed by atoms with Crippen molar-refractivity contribution in [1.29, 1.82) is 0 Å². The summed E-state index contributed by atoms with van der Waals surface area (Å²) in [4.78, 5) is 0. The summed E-state index contributed by atoms with van der Waals surface area (Å²) in [6, 6.07) is 0. The SMILES string of the molecule is CCCCCCCCC[CH]OC(C)(C)C. The van der Waals surface area contributed by atoms with Crippen LogP contribution < -0.4 is 0 Å². The van der Waals surface area contributed by atoms with E-state index in [0.29, 0.717) is 0 Å². The second-order valence-corrected chi connectivity index (χ2v) is 5.31. The van der Waals surface area contributed by atoms with Crippen molar-refractivity contribution in [3.63, 3.8) is 0 Å². The summed E-state index contributed by atoms with van der Waals surface area (Å²) < 4.78 is 5.55. The number of ether oxygens (including phenoxy) is 1. The first-order valence-electron chi connectivity index (χ1n) is 6.56. The Hall–Kier alpha value is -0.0400. The highest BCUT2D eigenvalue weighted by atomic mass is 16.5. The smallest absolute Gasteiger partial charge is 0.0844 e. The van der Waals surface area contributed by atoms with E-state index in [0.717, 1.165) is 6.42 Å². The quantitative estimate of drug-likeness (QED) is 0.484. The molecule has 0 heterocycles. The average molecular weight is 213 g/mol. The van der Waals surface area contributed by atoms with Crippen LogP contribution in [0.3, 0.4) is 0 Å². The topological polar surface area (TPSA) is 9.23 Å². The summed E-state index contributed by atoms with van der Waals surface area (Å²) in [5.41, 5.74) is -0.0128. The molecule has 0 atom stereocenters. The van der Waals surface area contributed by atoms with Gasteiger partial charge in [0.05, 0.1) is 12.2 Å². The molecule has 0 saturated carbocycles. The molecule has 0 fully saturated rings. The molecular weight excluding hydrogens is 184 g/mol. The normalized spacial score (nSPS) is 12.0. The molecule has 15 heavy (non-hydrogen) atoms. The molecule has 0 aromatic carbocycles. The van der Waals surface area contributed by atoms with Crippen LogP contribution in [0, 0.1) is 6.61 Å². The van der Waals surface area contributed by atoms with Gasteiger partial charge in [-0.3, -0.25) is 0 Å². The van der Waals surface area contributed by atoms with Gasteiger partial charge in [0, 0.05) is 0 Å². The molecule has 1 radical (unpaired) electrons. The van der Waals surface area contributed by atoms with Gasteiger partial charge < -0.3 is 4.74 Å². The van der Waals surface area contributed by atoms with Crippen molar-refractivity contribution >= 4 is 0 Å². The molecule has 0 saturated heterocycles. The van der Waals surface area contributed by atoms with Crippen LogP contribution in [0.4, 0.5) is 0 Å². The van der Waals surface area contributed by atoms with Crippen molar-refractivity contribution in [2.24, 2.45) is 0 Å². The Morgan fingerprint density at radius 3 is 1.93 bits per heavy atom. The molecule has 91 valence electrons. The molecule has 1 heteroatoms. The van der Waals surface area contributed by atoms with Gasteiger partial charge in [0.2, 0.25) is 0 Å². The molecule has 0 aliphatic rings. The number of hydrogen-bond donors (Lipinski definition) is 0. The van der Waals surface area contributed by atoms with E-state index in [1.165, 1.54) is 44.9 Å². The largest absolute Gasteiger partial charge is 0.370 e. The van der Waals surface area contributed by atoms with E-state index in [9.17, 15) is 0 Å². The third-order valence-electron chi connectivity index (χ3n) is 2.36. The molecule has 0 spiro atoms. The van der Waals surface area contributed by atoms with E-state index in [1.807, 2.05) is 6.61 Å². The fourth-order valence-corrected chi connectivity index (χ4v) is 1.49. The number of unbranched alkanes of at least 4 members (excludes halogenated alkanes) is 7. The molecule has 1 nitrogen and oxygen atoms in total. The summed E-state index contributed by atoms with van der Waals surface area (Å²) in [5.74, 6) is 0. The minimum atomic E-state index is -0.0128. The Morgan fingerprint density at radius 1 is 0.867 bits per heavy atom.